The standard InChI is InChI=1S/C18H15N7O2/c1-11-8-12(2)25-18(21-11)23-16(24-25)17(26)22-13-4-3-5-14(9-13)27-15-10-19-6-7-20-15/h3-10H,1-2H3,(H,22,26). The Morgan fingerprint density at radius 1 is 1.15 bits per heavy atom. The van der Waals surface area contributed by atoms with Gasteiger partial charge in [0.05, 0.1) is 6.20 Å². The summed E-state index contributed by atoms with van der Waals surface area (Å²) in [6.07, 6.45) is 4.60. The summed E-state index contributed by atoms with van der Waals surface area (Å²) in [5.41, 5.74) is 2.21. The van der Waals surface area contributed by atoms with Gasteiger partial charge in [-0.1, -0.05) is 6.07 Å². The lowest BCUT2D eigenvalue weighted by atomic mass is 10.3. The van der Waals surface area contributed by atoms with Crippen molar-refractivity contribution in [3.05, 3.63) is 66.1 Å². The number of carbonyl (C=O) groups excluding carboxylic acids is 1. The van der Waals surface area contributed by atoms with Crippen LogP contribution in [0.5, 0.6) is 11.6 Å². The number of benzene rings is 1. The maximum absolute atomic E-state index is 12.5. The number of anilines is 1. The fourth-order valence-corrected chi connectivity index (χ4v) is 2.55. The summed E-state index contributed by atoms with van der Waals surface area (Å²) in [4.78, 5) is 29.0. The van der Waals surface area contributed by atoms with Gasteiger partial charge in [-0.15, -0.1) is 5.10 Å². The zero-order valence-corrected chi connectivity index (χ0v) is 14.6. The minimum Gasteiger partial charge on any atom is -0.437 e. The smallest absolute Gasteiger partial charge is 0.295 e. The summed E-state index contributed by atoms with van der Waals surface area (Å²) in [7, 11) is 0. The molecule has 27 heavy (non-hydrogen) atoms. The van der Waals surface area contributed by atoms with Gasteiger partial charge in [0, 0.05) is 35.5 Å². The summed E-state index contributed by atoms with van der Waals surface area (Å²) in [6, 6.07) is 8.80. The highest BCUT2D eigenvalue weighted by atomic mass is 16.5. The number of fused-ring (bicyclic) bond motifs is 1. The molecule has 3 aromatic heterocycles. The van der Waals surface area contributed by atoms with Gasteiger partial charge in [-0.3, -0.25) is 9.78 Å². The van der Waals surface area contributed by atoms with E-state index in [4.69, 9.17) is 4.74 Å². The van der Waals surface area contributed by atoms with Crippen LogP contribution in [-0.4, -0.2) is 35.5 Å². The molecule has 9 nitrogen and oxygen atoms in total. The van der Waals surface area contributed by atoms with Crippen LogP contribution in [-0.2, 0) is 0 Å². The van der Waals surface area contributed by atoms with Crippen molar-refractivity contribution >= 4 is 17.4 Å². The van der Waals surface area contributed by atoms with Crippen molar-refractivity contribution in [1.82, 2.24) is 29.5 Å². The molecule has 4 rings (SSSR count). The number of amides is 1. The molecule has 0 saturated heterocycles. The van der Waals surface area contributed by atoms with Gasteiger partial charge in [0.15, 0.2) is 0 Å². The highest BCUT2D eigenvalue weighted by Gasteiger charge is 2.15. The van der Waals surface area contributed by atoms with Crippen LogP contribution in [0.4, 0.5) is 5.69 Å². The minimum atomic E-state index is -0.436. The molecule has 0 atom stereocenters. The van der Waals surface area contributed by atoms with Crippen LogP contribution in [0.1, 0.15) is 22.0 Å². The Balaban J connectivity index is 1.54. The number of nitrogens with zero attached hydrogens (tertiary/aromatic N) is 6. The van der Waals surface area contributed by atoms with E-state index in [1.54, 1.807) is 30.5 Å². The SMILES string of the molecule is Cc1cc(C)n2nc(C(=O)Nc3cccc(Oc4cnccn4)c3)nc2n1. The number of hydrogen-bond donors (Lipinski definition) is 1. The maximum atomic E-state index is 12.5. The average Bonchev–Trinajstić information content (AvgIpc) is 3.07. The maximum Gasteiger partial charge on any atom is 0.295 e. The highest BCUT2D eigenvalue weighted by molar-refractivity contribution is 6.01. The molecule has 1 N–H and O–H groups in total. The lowest BCUT2D eigenvalue weighted by molar-refractivity contribution is 0.101. The molecule has 0 aliphatic rings. The molecule has 0 unspecified atom stereocenters. The normalized spacial score (nSPS) is 10.7. The molecule has 3 heterocycles. The quantitative estimate of drug-likeness (QED) is 0.595. The van der Waals surface area contributed by atoms with E-state index in [1.165, 1.54) is 16.9 Å². The van der Waals surface area contributed by atoms with Gasteiger partial charge < -0.3 is 10.1 Å². The molecule has 1 amide bonds. The number of aromatic nitrogens is 6. The van der Waals surface area contributed by atoms with Crippen molar-refractivity contribution in [2.24, 2.45) is 0 Å². The number of rotatable bonds is 4. The van der Waals surface area contributed by atoms with E-state index < -0.39 is 5.91 Å². The number of ether oxygens (including phenoxy) is 1. The van der Waals surface area contributed by atoms with Gasteiger partial charge >= 0.3 is 0 Å². The third-order valence-electron chi connectivity index (χ3n) is 3.68. The van der Waals surface area contributed by atoms with Crippen LogP contribution in [0.15, 0.2) is 48.9 Å². The molecule has 0 fully saturated rings. The number of nitrogens with one attached hydrogen (secondary N) is 1. The summed E-state index contributed by atoms with van der Waals surface area (Å²) in [6.45, 7) is 3.75. The van der Waals surface area contributed by atoms with E-state index in [0.717, 1.165) is 11.4 Å². The largest absolute Gasteiger partial charge is 0.437 e. The zero-order chi connectivity index (χ0) is 18.8. The van der Waals surface area contributed by atoms with Crippen molar-refractivity contribution in [2.75, 3.05) is 5.32 Å². The van der Waals surface area contributed by atoms with Crippen molar-refractivity contribution in [3.8, 4) is 11.6 Å². The van der Waals surface area contributed by atoms with Crippen LogP contribution in [0.25, 0.3) is 5.78 Å². The Bertz CT molecular complexity index is 1130. The van der Waals surface area contributed by atoms with Crippen LogP contribution < -0.4 is 10.1 Å². The summed E-state index contributed by atoms with van der Waals surface area (Å²) >= 11 is 0. The molecular weight excluding hydrogens is 346 g/mol. The monoisotopic (exact) mass is 361 g/mol. The first-order valence-corrected chi connectivity index (χ1v) is 8.15. The summed E-state index contributed by atoms with van der Waals surface area (Å²) in [5.74, 6) is 0.868. The Morgan fingerprint density at radius 3 is 2.85 bits per heavy atom. The van der Waals surface area contributed by atoms with Crippen LogP contribution in [0.3, 0.4) is 0 Å². The molecule has 0 bridgehead atoms. The first kappa shape index (κ1) is 16.6. The van der Waals surface area contributed by atoms with Crippen LogP contribution in [0, 0.1) is 13.8 Å². The van der Waals surface area contributed by atoms with Gasteiger partial charge in [0.2, 0.25) is 11.7 Å². The molecule has 4 aromatic rings. The molecule has 0 saturated carbocycles. The molecule has 0 aliphatic carbocycles. The van der Waals surface area contributed by atoms with Gasteiger partial charge in [0.1, 0.15) is 5.75 Å². The van der Waals surface area contributed by atoms with Crippen LogP contribution in [0.2, 0.25) is 0 Å². The second kappa shape index (κ2) is 6.79. The molecule has 0 radical (unpaired) electrons. The Hall–Kier alpha value is -3.88. The topological polar surface area (TPSA) is 107 Å². The fraction of sp³-hybridized carbons (Fsp3) is 0.111. The molecule has 134 valence electrons. The lowest BCUT2D eigenvalue weighted by Crippen LogP contribution is -2.14. The first-order valence-electron chi connectivity index (χ1n) is 8.15. The third kappa shape index (κ3) is 3.56. The second-order valence-corrected chi connectivity index (χ2v) is 5.81. The van der Waals surface area contributed by atoms with Gasteiger partial charge in [-0.2, -0.15) is 4.98 Å². The summed E-state index contributed by atoms with van der Waals surface area (Å²) in [5, 5.41) is 6.98. The van der Waals surface area contributed by atoms with E-state index in [2.05, 4.69) is 30.4 Å². The zero-order valence-electron chi connectivity index (χ0n) is 14.6. The minimum absolute atomic E-state index is 0.0384. The Morgan fingerprint density at radius 2 is 2.04 bits per heavy atom. The van der Waals surface area contributed by atoms with Gasteiger partial charge in [-0.05, 0) is 32.0 Å². The number of aryl methyl sites for hydroxylation is 2. The Labute approximate surface area is 154 Å². The van der Waals surface area contributed by atoms with E-state index in [0.29, 0.717) is 23.1 Å². The molecule has 0 spiro atoms. The van der Waals surface area contributed by atoms with Crippen molar-refractivity contribution in [2.45, 2.75) is 13.8 Å². The number of carbonyl (C=O) groups is 1. The first-order chi connectivity index (χ1) is 13.1. The summed E-state index contributed by atoms with van der Waals surface area (Å²) < 4.78 is 7.15. The van der Waals surface area contributed by atoms with Gasteiger partial charge in [-0.25, -0.2) is 14.5 Å². The molecule has 9 heteroatoms. The van der Waals surface area contributed by atoms with Crippen molar-refractivity contribution in [3.63, 3.8) is 0 Å². The third-order valence-corrected chi connectivity index (χ3v) is 3.68. The van der Waals surface area contributed by atoms with E-state index in [1.807, 2.05) is 19.9 Å². The van der Waals surface area contributed by atoms with E-state index in [9.17, 15) is 4.79 Å². The highest BCUT2D eigenvalue weighted by Crippen LogP contribution is 2.22. The predicted octanol–water partition coefficient (Wildman–Crippen LogP) is 2.58. The van der Waals surface area contributed by atoms with E-state index in [-0.39, 0.29) is 5.82 Å². The second-order valence-electron chi connectivity index (χ2n) is 5.81. The Kier molecular flexibility index (Phi) is 4.17. The van der Waals surface area contributed by atoms with E-state index >= 15 is 0 Å². The molecule has 0 aliphatic heterocycles. The molecule has 1 aromatic carbocycles. The van der Waals surface area contributed by atoms with Crippen molar-refractivity contribution in [1.29, 1.82) is 0 Å². The lowest BCUT2D eigenvalue weighted by Gasteiger charge is -2.07. The fourth-order valence-electron chi connectivity index (χ4n) is 2.55. The number of hydrogen-bond acceptors (Lipinski definition) is 7. The van der Waals surface area contributed by atoms with Crippen LogP contribution >= 0.6 is 0 Å². The average molecular weight is 361 g/mol. The molecular formula is C18H15N7O2. The predicted molar refractivity (Wildman–Crippen MR) is 96.8 cm³/mol. The van der Waals surface area contributed by atoms with Gasteiger partial charge in [0.25, 0.3) is 11.7 Å². The van der Waals surface area contributed by atoms with Crippen molar-refractivity contribution < 1.29 is 9.53 Å².